The van der Waals surface area contributed by atoms with Gasteiger partial charge in [-0.2, -0.15) is 0 Å². The van der Waals surface area contributed by atoms with E-state index in [2.05, 4.69) is 43.1 Å². The molecule has 1 heterocycles. The molecule has 0 aliphatic carbocycles. The van der Waals surface area contributed by atoms with Crippen molar-refractivity contribution in [3.63, 3.8) is 0 Å². The summed E-state index contributed by atoms with van der Waals surface area (Å²) in [5, 5.41) is 0. The van der Waals surface area contributed by atoms with Gasteiger partial charge in [-0.25, -0.2) is 0 Å². The quantitative estimate of drug-likeness (QED) is 0.260. The van der Waals surface area contributed by atoms with Crippen molar-refractivity contribution in [1.29, 1.82) is 0 Å². The molecule has 0 saturated carbocycles. The zero-order chi connectivity index (χ0) is 16.6. The minimum Gasteiger partial charge on any atom is -0.476 e. The van der Waals surface area contributed by atoms with Crippen molar-refractivity contribution in [3.05, 3.63) is 24.3 Å². The highest BCUT2D eigenvalue weighted by atomic mass is 16.5. The molecule has 0 spiro atoms. The highest BCUT2D eigenvalue weighted by Crippen LogP contribution is 2.12. The van der Waals surface area contributed by atoms with Gasteiger partial charge in [-0.3, -0.25) is 4.99 Å². The van der Waals surface area contributed by atoms with Crippen LogP contribution in [0.1, 0.15) is 90.9 Å². The first kappa shape index (κ1) is 20.0. The summed E-state index contributed by atoms with van der Waals surface area (Å²) in [4.78, 5) is 4.40. The van der Waals surface area contributed by atoms with Crippen LogP contribution in [0.2, 0.25) is 0 Å². The van der Waals surface area contributed by atoms with Gasteiger partial charge in [0.1, 0.15) is 6.10 Å². The Hall–Kier alpha value is -1.05. The summed E-state index contributed by atoms with van der Waals surface area (Å²) in [6.07, 6.45) is 24.8. The number of aliphatic imine (C=N–C) groups is 1. The minimum absolute atomic E-state index is 0.308. The Morgan fingerprint density at radius 1 is 0.913 bits per heavy atom. The van der Waals surface area contributed by atoms with Crippen molar-refractivity contribution in [2.24, 2.45) is 4.99 Å². The van der Waals surface area contributed by atoms with Crippen LogP contribution >= 0.6 is 0 Å². The van der Waals surface area contributed by atoms with Crippen LogP contribution in [0.25, 0.3) is 0 Å². The molecule has 1 rings (SSSR count). The fourth-order valence-electron chi connectivity index (χ4n) is 2.78. The second kappa shape index (κ2) is 14.5. The highest BCUT2D eigenvalue weighted by molar-refractivity contribution is 5.77. The average Bonchev–Trinajstić information content (AvgIpc) is 2.96. The summed E-state index contributed by atoms with van der Waals surface area (Å²) in [5.41, 5.74) is 0. The van der Waals surface area contributed by atoms with E-state index in [0.717, 1.165) is 18.9 Å². The molecule has 0 aromatic heterocycles. The van der Waals surface area contributed by atoms with Crippen molar-refractivity contribution >= 4 is 5.90 Å². The van der Waals surface area contributed by atoms with Crippen LogP contribution in [0, 0.1) is 0 Å². The summed E-state index contributed by atoms with van der Waals surface area (Å²) >= 11 is 0. The van der Waals surface area contributed by atoms with Gasteiger partial charge in [-0.05, 0) is 39.0 Å². The molecule has 1 unspecified atom stereocenters. The molecule has 1 aliphatic heterocycles. The van der Waals surface area contributed by atoms with Crippen molar-refractivity contribution in [3.8, 4) is 0 Å². The predicted octanol–water partition coefficient (Wildman–Crippen LogP) is 6.62. The Labute approximate surface area is 144 Å². The van der Waals surface area contributed by atoms with Crippen LogP contribution < -0.4 is 0 Å². The van der Waals surface area contributed by atoms with Crippen LogP contribution in [0.3, 0.4) is 0 Å². The molecule has 132 valence electrons. The molecule has 1 atom stereocenters. The standard InChI is InChI=1S/C21H37NO/c1-3-4-5-6-7-8-9-10-11-12-13-14-15-16-17-18-21-22-19-20(2)23-21/h8-11,20H,3-7,12-19H2,1-2H3. The molecule has 2 heteroatoms. The van der Waals surface area contributed by atoms with E-state index in [1.807, 2.05) is 0 Å². The fraction of sp³-hybridized carbons (Fsp3) is 0.762. The van der Waals surface area contributed by atoms with Gasteiger partial charge < -0.3 is 4.74 Å². The van der Waals surface area contributed by atoms with Crippen molar-refractivity contribution in [1.82, 2.24) is 0 Å². The zero-order valence-corrected chi connectivity index (χ0v) is 15.4. The van der Waals surface area contributed by atoms with Crippen LogP contribution in [-0.4, -0.2) is 18.5 Å². The first-order chi connectivity index (χ1) is 11.3. The van der Waals surface area contributed by atoms with Gasteiger partial charge in [0, 0.05) is 6.42 Å². The topological polar surface area (TPSA) is 21.6 Å². The maximum atomic E-state index is 5.61. The number of hydrogen-bond donors (Lipinski definition) is 0. The summed E-state index contributed by atoms with van der Waals surface area (Å²) in [7, 11) is 0. The normalized spacial score (nSPS) is 18.0. The number of rotatable bonds is 14. The SMILES string of the molecule is CCCCCCC=CC=CCCCCCCCC1=NCC(C)O1. The Kier molecular flexibility index (Phi) is 12.6. The van der Waals surface area contributed by atoms with E-state index in [1.165, 1.54) is 70.6 Å². The van der Waals surface area contributed by atoms with Crippen molar-refractivity contribution in [2.75, 3.05) is 6.54 Å². The largest absolute Gasteiger partial charge is 0.476 e. The van der Waals surface area contributed by atoms with Gasteiger partial charge in [0.15, 0.2) is 5.90 Å². The van der Waals surface area contributed by atoms with E-state index in [-0.39, 0.29) is 0 Å². The maximum absolute atomic E-state index is 5.61. The van der Waals surface area contributed by atoms with Crippen LogP contribution in [0.4, 0.5) is 0 Å². The summed E-state index contributed by atoms with van der Waals surface area (Å²) < 4.78 is 5.61. The monoisotopic (exact) mass is 319 g/mol. The molecular weight excluding hydrogens is 282 g/mol. The second-order valence-electron chi connectivity index (χ2n) is 6.67. The van der Waals surface area contributed by atoms with E-state index in [9.17, 15) is 0 Å². The van der Waals surface area contributed by atoms with Gasteiger partial charge >= 0.3 is 0 Å². The molecule has 2 nitrogen and oxygen atoms in total. The van der Waals surface area contributed by atoms with Crippen LogP contribution in [0.5, 0.6) is 0 Å². The van der Waals surface area contributed by atoms with Crippen LogP contribution in [0.15, 0.2) is 29.3 Å². The van der Waals surface area contributed by atoms with Crippen molar-refractivity contribution in [2.45, 2.75) is 97.0 Å². The van der Waals surface area contributed by atoms with Crippen LogP contribution in [-0.2, 0) is 4.74 Å². The van der Waals surface area contributed by atoms with E-state index in [4.69, 9.17) is 4.74 Å². The predicted molar refractivity (Wildman–Crippen MR) is 102 cm³/mol. The Morgan fingerprint density at radius 2 is 1.52 bits per heavy atom. The molecule has 0 bridgehead atoms. The minimum atomic E-state index is 0.308. The fourth-order valence-corrected chi connectivity index (χ4v) is 2.78. The molecular formula is C21H37NO. The Morgan fingerprint density at radius 3 is 2.13 bits per heavy atom. The maximum Gasteiger partial charge on any atom is 0.183 e. The number of nitrogens with zero attached hydrogens (tertiary/aromatic N) is 1. The molecule has 0 radical (unpaired) electrons. The zero-order valence-electron chi connectivity index (χ0n) is 15.4. The lowest BCUT2D eigenvalue weighted by atomic mass is 10.1. The lowest BCUT2D eigenvalue weighted by Gasteiger charge is -2.05. The van der Waals surface area contributed by atoms with Gasteiger partial charge in [0.25, 0.3) is 0 Å². The van der Waals surface area contributed by atoms with E-state index >= 15 is 0 Å². The Bertz CT molecular complexity index is 357. The number of unbranched alkanes of at least 4 members (excludes halogenated alkanes) is 9. The molecule has 0 fully saturated rings. The molecule has 0 amide bonds. The lowest BCUT2D eigenvalue weighted by molar-refractivity contribution is 0.238. The lowest BCUT2D eigenvalue weighted by Crippen LogP contribution is -2.07. The number of hydrogen-bond acceptors (Lipinski definition) is 2. The highest BCUT2D eigenvalue weighted by Gasteiger charge is 2.13. The van der Waals surface area contributed by atoms with Gasteiger partial charge in [-0.15, -0.1) is 0 Å². The molecule has 0 N–H and O–H groups in total. The summed E-state index contributed by atoms with van der Waals surface area (Å²) in [5.74, 6) is 0.988. The smallest absolute Gasteiger partial charge is 0.183 e. The number of allylic oxidation sites excluding steroid dienone is 4. The first-order valence-corrected chi connectivity index (χ1v) is 9.84. The number of ether oxygens (including phenoxy) is 1. The molecule has 0 aromatic carbocycles. The van der Waals surface area contributed by atoms with Gasteiger partial charge in [0.2, 0.25) is 0 Å². The third kappa shape index (κ3) is 12.1. The molecule has 0 aromatic rings. The average molecular weight is 320 g/mol. The molecule has 1 aliphatic rings. The summed E-state index contributed by atoms with van der Waals surface area (Å²) in [6.45, 7) is 5.21. The summed E-state index contributed by atoms with van der Waals surface area (Å²) in [6, 6.07) is 0. The third-order valence-electron chi connectivity index (χ3n) is 4.23. The van der Waals surface area contributed by atoms with E-state index in [1.54, 1.807) is 0 Å². The molecule has 23 heavy (non-hydrogen) atoms. The van der Waals surface area contributed by atoms with E-state index < -0.39 is 0 Å². The molecule has 0 saturated heterocycles. The van der Waals surface area contributed by atoms with Gasteiger partial charge in [0.05, 0.1) is 6.54 Å². The van der Waals surface area contributed by atoms with Crippen molar-refractivity contribution < 1.29 is 4.74 Å². The van der Waals surface area contributed by atoms with Gasteiger partial charge in [-0.1, -0.05) is 69.8 Å². The second-order valence-corrected chi connectivity index (χ2v) is 6.67. The van der Waals surface area contributed by atoms with E-state index in [0.29, 0.717) is 6.10 Å². The Balaban J connectivity index is 1.80. The first-order valence-electron chi connectivity index (χ1n) is 9.84. The third-order valence-corrected chi connectivity index (χ3v) is 4.23.